The SMILES string of the molecule is CC1[C@H]2O[C@@]2(C)C[C@@]2(C)O[C@@H]12. The molecule has 0 bridgehead atoms. The summed E-state index contributed by atoms with van der Waals surface area (Å²) >= 11 is 0. The molecule has 3 aliphatic rings. The van der Waals surface area contributed by atoms with E-state index in [0.717, 1.165) is 6.42 Å². The Balaban J connectivity index is 1.93. The van der Waals surface area contributed by atoms with Gasteiger partial charge in [-0.2, -0.15) is 0 Å². The lowest BCUT2D eigenvalue weighted by Crippen LogP contribution is -2.33. The predicted octanol–water partition coefficient (Wildman–Crippen LogP) is 1.34. The van der Waals surface area contributed by atoms with E-state index in [1.807, 2.05) is 0 Å². The smallest absolute Gasteiger partial charge is 0.0952 e. The Hall–Kier alpha value is -0.0800. The van der Waals surface area contributed by atoms with E-state index in [1.54, 1.807) is 0 Å². The number of fused-ring (bicyclic) bond motifs is 2. The zero-order chi connectivity index (χ0) is 7.85. The van der Waals surface area contributed by atoms with Crippen LogP contribution in [0.4, 0.5) is 0 Å². The van der Waals surface area contributed by atoms with Crippen LogP contribution in [-0.2, 0) is 9.47 Å². The molecule has 2 aliphatic heterocycles. The first kappa shape index (κ1) is 6.44. The van der Waals surface area contributed by atoms with Crippen LogP contribution in [0.25, 0.3) is 0 Å². The normalized spacial score (nSPS) is 71.7. The van der Waals surface area contributed by atoms with E-state index in [4.69, 9.17) is 9.47 Å². The number of epoxide rings is 2. The standard InChI is InChI=1S/C9H14O2/c1-5-6-8(2,10-6)4-9(3)7(5)11-9/h5-7H,4H2,1-3H3/t5?,6-,7+,8+,9-. The maximum atomic E-state index is 5.66. The molecule has 0 aromatic rings. The van der Waals surface area contributed by atoms with Gasteiger partial charge in [0.1, 0.15) is 0 Å². The fraction of sp³-hybridized carbons (Fsp3) is 1.00. The largest absolute Gasteiger partial charge is 0.366 e. The van der Waals surface area contributed by atoms with E-state index in [1.165, 1.54) is 0 Å². The fourth-order valence-electron chi connectivity index (χ4n) is 2.98. The van der Waals surface area contributed by atoms with Crippen molar-refractivity contribution in [1.29, 1.82) is 0 Å². The summed E-state index contributed by atoms with van der Waals surface area (Å²) in [6.07, 6.45) is 2.07. The first-order chi connectivity index (χ1) is 5.05. The van der Waals surface area contributed by atoms with E-state index in [0.29, 0.717) is 18.1 Å². The monoisotopic (exact) mass is 154 g/mol. The Bertz CT molecular complexity index is 206. The van der Waals surface area contributed by atoms with E-state index < -0.39 is 0 Å². The molecule has 0 aromatic carbocycles. The van der Waals surface area contributed by atoms with Crippen molar-refractivity contribution in [1.82, 2.24) is 0 Å². The summed E-state index contributed by atoms with van der Waals surface area (Å²) in [6, 6.07) is 0. The predicted molar refractivity (Wildman–Crippen MR) is 40.3 cm³/mol. The van der Waals surface area contributed by atoms with Gasteiger partial charge < -0.3 is 9.47 Å². The van der Waals surface area contributed by atoms with Gasteiger partial charge in [0.2, 0.25) is 0 Å². The van der Waals surface area contributed by atoms with Crippen LogP contribution in [0.1, 0.15) is 27.2 Å². The third-order valence-electron chi connectivity index (χ3n) is 3.54. The minimum atomic E-state index is 0.168. The maximum Gasteiger partial charge on any atom is 0.0952 e. The third-order valence-corrected chi connectivity index (χ3v) is 3.54. The minimum absolute atomic E-state index is 0.168. The van der Waals surface area contributed by atoms with Crippen LogP contribution in [0.5, 0.6) is 0 Å². The highest BCUT2D eigenvalue weighted by Gasteiger charge is 2.73. The summed E-state index contributed by atoms with van der Waals surface area (Å²) in [5.74, 6) is 0.610. The van der Waals surface area contributed by atoms with Crippen LogP contribution >= 0.6 is 0 Å². The number of hydrogen-bond acceptors (Lipinski definition) is 2. The number of hydrogen-bond donors (Lipinski definition) is 0. The van der Waals surface area contributed by atoms with Gasteiger partial charge in [0.05, 0.1) is 23.4 Å². The molecule has 1 saturated carbocycles. The summed E-state index contributed by atoms with van der Waals surface area (Å²) in [4.78, 5) is 0. The molecule has 2 saturated heterocycles. The highest BCUT2D eigenvalue weighted by Crippen LogP contribution is 2.62. The molecular weight excluding hydrogens is 140 g/mol. The zero-order valence-corrected chi connectivity index (χ0v) is 7.26. The Kier molecular flexibility index (Phi) is 0.807. The first-order valence-corrected chi connectivity index (χ1v) is 4.41. The van der Waals surface area contributed by atoms with Gasteiger partial charge in [0, 0.05) is 12.3 Å². The first-order valence-electron chi connectivity index (χ1n) is 4.41. The Labute approximate surface area is 66.9 Å². The average Bonchev–Trinajstić information content (AvgIpc) is 2.68. The van der Waals surface area contributed by atoms with Gasteiger partial charge in [0.15, 0.2) is 0 Å². The summed E-state index contributed by atoms with van der Waals surface area (Å²) in [7, 11) is 0. The lowest BCUT2D eigenvalue weighted by Gasteiger charge is -2.18. The van der Waals surface area contributed by atoms with Crippen LogP contribution < -0.4 is 0 Å². The lowest BCUT2D eigenvalue weighted by atomic mass is 9.78. The van der Waals surface area contributed by atoms with Crippen molar-refractivity contribution in [3.63, 3.8) is 0 Å². The van der Waals surface area contributed by atoms with Crippen LogP contribution in [0.15, 0.2) is 0 Å². The Morgan fingerprint density at radius 1 is 1.09 bits per heavy atom. The molecule has 0 spiro atoms. The van der Waals surface area contributed by atoms with Crippen molar-refractivity contribution in [2.75, 3.05) is 0 Å². The van der Waals surface area contributed by atoms with Gasteiger partial charge >= 0.3 is 0 Å². The van der Waals surface area contributed by atoms with Crippen molar-refractivity contribution >= 4 is 0 Å². The molecule has 1 unspecified atom stereocenters. The second-order valence-corrected chi connectivity index (χ2v) is 4.74. The lowest BCUT2D eigenvalue weighted by molar-refractivity contribution is 0.209. The maximum absolute atomic E-state index is 5.66. The summed E-state index contributed by atoms with van der Waals surface area (Å²) in [5.41, 5.74) is 0.336. The molecule has 2 nitrogen and oxygen atoms in total. The highest BCUT2D eigenvalue weighted by molar-refractivity contribution is 5.20. The second-order valence-electron chi connectivity index (χ2n) is 4.74. The summed E-state index contributed by atoms with van der Waals surface area (Å²) in [6.45, 7) is 6.65. The molecular formula is C9H14O2. The topological polar surface area (TPSA) is 25.1 Å². The molecule has 3 fully saturated rings. The molecule has 5 atom stereocenters. The minimum Gasteiger partial charge on any atom is -0.366 e. The van der Waals surface area contributed by atoms with Crippen LogP contribution in [0.3, 0.4) is 0 Å². The molecule has 11 heavy (non-hydrogen) atoms. The molecule has 0 N–H and O–H groups in total. The van der Waals surface area contributed by atoms with Gasteiger partial charge in [-0.25, -0.2) is 0 Å². The van der Waals surface area contributed by atoms with Gasteiger partial charge in [-0.1, -0.05) is 6.92 Å². The van der Waals surface area contributed by atoms with Crippen molar-refractivity contribution in [3.8, 4) is 0 Å². The third kappa shape index (κ3) is 0.611. The molecule has 1 aliphatic carbocycles. The van der Waals surface area contributed by atoms with Crippen molar-refractivity contribution in [2.24, 2.45) is 5.92 Å². The molecule has 3 rings (SSSR count). The highest BCUT2D eigenvalue weighted by atomic mass is 16.7. The van der Waals surface area contributed by atoms with Crippen molar-refractivity contribution in [3.05, 3.63) is 0 Å². The quantitative estimate of drug-likeness (QED) is 0.492. The number of rotatable bonds is 0. The molecule has 0 radical (unpaired) electrons. The van der Waals surface area contributed by atoms with Crippen LogP contribution in [-0.4, -0.2) is 23.4 Å². The van der Waals surface area contributed by atoms with Gasteiger partial charge in [0.25, 0.3) is 0 Å². The molecule has 62 valence electrons. The van der Waals surface area contributed by atoms with Crippen LogP contribution in [0, 0.1) is 5.92 Å². The second kappa shape index (κ2) is 1.38. The van der Waals surface area contributed by atoms with E-state index in [2.05, 4.69) is 20.8 Å². The van der Waals surface area contributed by atoms with Gasteiger partial charge in [-0.15, -0.1) is 0 Å². The zero-order valence-electron chi connectivity index (χ0n) is 7.26. The molecule has 0 aromatic heterocycles. The van der Waals surface area contributed by atoms with E-state index in [9.17, 15) is 0 Å². The van der Waals surface area contributed by atoms with Gasteiger partial charge in [-0.3, -0.25) is 0 Å². The molecule has 2 heteroatoms. The Morgan fingerprint density at radius 3 is 2.00 bits per heavy atom. The van der Waals surface area contributed by atoms with Crippen molar-refractivity contribution < 1.29 is 9.47 Å². The Morgan fingerprint density at radius 2 is 1.55 bits per heavy atom. The van der Waals surface area contributed by atoms with Gasteiger partial charge in [-0.05, 0) is 13.8 Å². The average molecular weight is 154 g/mol. The van der Waals surface area contributed by atoms with Crippen molar-refractivity contribution in [2.45, 2.75) is 50.6 Å². The summed E-state index contributed by atoms with van der Waals surface area (Å²) < 4.78 is 11.3. The molecule has 2 heterocycles. The molecule has 0 amide bonds. The van der Waals surface area contributed by atoms with E-state index >= 15 is 0 Å². The summed E-state index contributed by atoms with van der Waals surface area (Å²) in [5, 5.41) is 0. The van der Waals surface area contributed by atoms with Crippen LogP contribution in [0.2, 0.25) is 0 Å². The fourth-order valence-corrected chi connectivity index (χ4v) is 2.98. The number of ether oxygens (including phenoxy) is 2. The van der Waals surface area contributed by atoms with E-state index in [-0.39, 0.29) is 11.2 Å².